The summed E-state index contributed by atoms with van der Waals surface area (Å²) in [4.78, 5) is 12.7. The lowest BCUT2D eigenvalue weighted by Crippen LogP contribution is -2.13. The average molecular weight is 394 g/mol. The highest BCUT2D eigenvalue weighted by atomic mass is 35.5. The van der Waals surface area contributed by atoms with Crippen LogP contribution >= 0.6 is 11.6 Å². The number of ether oxygens (including phenoxy) is 4. The largest absolute Gasteiger partial charge is 0.493 e. The Hall–Kier alpha value is -2.60. The van der Waals surface area contributed by atoms with E-state index in [1.165, 1.54) is 7.11 Å². The monoisotopic (exact) mass is 393 g/mol. The molecule has 0 radical (unpaired) electrons. The SMILES string of the molecule is CCCOc1c(Cl)cc(C(=O)Nc2cc(OC)c(OC)cc2C)cc1OC. The quantitative estimate of drug-likeness (QED) is 0.703. The van der Waals surface area contributed by atoms with Crippen molar-refractivity contribution in [2.75, 3.05) is 33.3 Å². The van der Waals surface area contributed by atoms with Crippen molar-refractivity contribution in [3.05, 3.63) is 40.4 Å². The van der Waals surface area contributed by atoms with Gasteiger partial charge in [-0.05, 0) is 37.1 Å². The number of nitrogens with one attached hydrogen (secondary N) is 1. The number of carbonyl (C=O) groups is 1. The molecule has 2 aromatic rings. The molecule has 2 aromatic carbocycles. The second-order valence-corrected chi connectivity index (χ2v) is 6.22. The zero-order valence-corrected chi connectivity index (χ0v) is 16.9. The second kappa shape index (κ2) is 9.37. The van der Waals surface area contributed by atoms with Crippen LogP contribution < -0.4 is 24.3 Å². The van der Waals surface area contributed by atoms with E-state index < -0.39 is 0 Å². The van der Waals surface area contributed by atoms with Crippen molar-refractivity contribution in [2.45, 2.75) is 20.3 Å². The van der Waals surface area contributed by atoms with E-state index in [9.17, 15) is 4.79 Å². The number of halogens is 1. The van der Waals surface area contributed by atoms with Crippen LogP contribution in [0.5, 0.6) is 23.0 Å². The summed E-state index contributed by atoms with van der Waals surface area (Å²) >= 11 is 6.29. The first-order valence-corrected chi connectivity index (χ1v) is 8.87. The topological polar surface area (TPSA) is 66.0 Å². The molecule has 146 valence electrons. The van der Waals surface area contributed by atoms with Gasteiger partial charge in [0.2, 0.25) is 0 Å². The molecule has 0 aromatic heterocycles. The highest BCUT2D eigenvalue weighted by Gasteiger charge is 2.17. The summed E-state index contributed by atoms with van der Waals surface area (Å²) in [5, 5.41) is 3.18. The van der Waals surface area contributed by atoms with Gasteiger partial charge in [-0.1, -0.05) is 18.5 Å². The Balaban J connectivity index is 2.32. The van der Waals surface area contributed by atoms with E-state index in [1.54, 1.807) is 38.5 Å². The number of anilines is 1. The predicted molar refractivity (Wildman–Crippen MR) is 106 cm³/mol. The van der Waals surface area contributed by atoms with E-state index in [0.717, 1.165) is 12.0 Å². The summed E-state index contributed by atoms with van der Waals surface area (Å²) < 4.78 is 21.5. The van der Waals surface area contributed by atoms with Crippen molar-refractivity contribution in [3.8, 4) is 23.0 Å². The van der Waals surface area contributed by atoms with Crippen molar-refractivity contribution in [2.24, 2.45) is 0 Å². The summed E-state index contributed by atoms with van der Waals surface area (Å²) in [7, 11) is 4.61. The molecule has 0 atom stereocenters. The Kier molecular flexibility index (Phi) is 7.19. The Morgan fingerprint density at radius 1 is 1.00 bits per heavy atom. The van der Waals surface area contributed by atoms with Gasteiger partial charge in [0, 0.05) is 17.3 Å². The fraction of sp³-hybridized carbons (Fsp3) is 0.350. The molecule has 1 amide bonds. The highest BCUT2D eigenvalue weighted by molar-refractivity contribution is 6.32. The number of rotatable bonds is 8. The molecule has 2 rings (SSSR count). The fourth-order valence-corrected chi connectivity index (χ4v) is 2.77. The van der Waals surface area contributed by atoms with Gasteiger partial charge in [-0.15, -0.1) is 0 Å². The van der Waals surface area contributed by atoms with Crippen LogP contribution in [0, 0.1) is 6.92 Å². The number of carbonyl (C=O) groups excluding carboxylic acids is 1. The van der Waals surface area contributed by atoms with Gasteiger partial charge in [0.15, 0.2) is 23.0 Å². The van der Waals surface area contributed by atoms with Crippen LogP contribution in [-0.2, 0) is 0 Å². The van der Waals surface area contributed by atoms with E-state index in [2.05, 4.69) is 5.32 Å². The van der Waals surface area contributed by atoms with E-state index in [0.29, 0.717) is 45.9 Å². The lowest BCUT2D eigenvalue weighted by Gasteiger charge is -2.15. The second-order valence-electron chi connectivity index (χ2n) is 5.81. The first kappa shape index (κ1) is 20.7. The zero-order chi connectivity index (χ0) is 20.0. The van der Waals surface area contributed by atoms with Crippen LogP contribution in [0.15, 0.2) is 24.3 Å². The summed E-state index contributed by atoms with van der Waals surface area (Å²) in [5.41, 5.74) is 1.80. The van der Waals surface area contributed by atoms with Crippen LogP contribution in [0.3, 0.4) is 0 Å². The maximum atomic E-state index is 12.7. The lowest BCUT2D eigenvalue weighted by molar-refractivity contribution is 0.102. The number of aryl methyl sites for hydroxylation is 1. The summed E-state index contributed by atoms with van der Waals surface area (Å²) in [6, 6.07) is 6.66. The van der Waals surface area contributed by atoms with Gasteiger partial charge < -0.3 is 24.3 Å². The van der Waals surface area contributed by atoms with Crippen LogP contribution in [-0.4, -0.2) is 33.8 Å². The van der Waals surface area contributed by atoms with Gasteiger partial charge >= 0.3 is 0 Å². The fourth-order valence-electron chi connectivity index (χ4n) is 2.50. The molecule has 6 nitrogen and oxygen atoms in total. The molecule has 0 aliphatic carbocycles. The third-order valence-corrected chi connectivity index (χ3v) is 4.20. The third-order valence-electron chi connectivity index (χ3n) is 3.92. The van der Waals surface area contributed by atoms with E-state index in [1.807, 2.05) is 13.8 Å². The van der Waals surface area contributed by atoms with Crippen LogP contribution in [0.1, 0.15) is 29.3 Å². The van der Waals surface area contributed by atoms with Gasteiger partial charge in [-0.3, -0.25) is 4.79 Å². The smallest absolute Gasteiger partial charge is 0.255 e. The molecule has 0 saturated carbocycles. The minimum absolute atomic E-state index is 0.317. The lowest BCUT2D eigenvalue weighted by atomic mass is 10.1. The average Bonchev–Trinajstić information content (AvgIpc) is 2.67. The Bertz CT molecular complexity index is 823. The molecular formula is C20H24ClNO5. The van der Waals surface area contributed by atoms with E-state index in [4.69, 9.17) is 30.5 Å². The predicted octanol–water partition coefficient (Wildman–Crippen LogP) is 4.72. The van der Waals surface area contributed by atoms with Crippen molar-refractivity contribution in [1.29, 1.82) is 0 Å². The maximum Gasteiger partial charge on any atom is 0.255 e. The molecule has 0 fully saturated rings. The Labute approximate surface area is 164 Å². The van der Waals surface area contributed by atoms with E-state index >= 15 is 0 Å². The number of benzene rings is 2. The van der Waals surface area contributed by atoms with Crippen molar-refractivity contribution >= 4 is 23.2 Å². The minimum Gasteiger partial charge on any atom is -0.493 e. The molecule has 27 heavy (non-hydrogen) atoms. The zero-order valence-electron chi connectivity index (χ0n) is 16.1. The molecule has 0 bridgehead atoms. The molecule has 0 aliphatic rings. The number of hydrogen-bond donors (Lipinski definition) is 1. The summed E-state index contributed by atoms with van der Waals surface area (Å²) in [6.07, 6.45) is 0.834. The summed E-state index contributed by atoms with van der Waals surface area (Å²) in [6.45, 7) is 4.37. The minimum atomic E-state index is -0.326. The molecule has 7 heteroatoms. The Morgan fingerprint density at radius 3 is 2.22 bits per heavy atom. The van der Waals surface area contributed by atoms with Crippen LogP contribution in [0.2, 0.25) is 5.02 Å². The standard InChI is InChI=1S/C20H24ClNO5/c1-6-7-27-19-14(21)9-13(10-18(19)26-5)20(23)22-15-11-17(25-4)16(24-3)8-12(15)2/h8-11H,6-7H2,1-5H3,(H,22,23). The highest BCUT2D eigenvalue weighted by Crippen LogP contribution is 2.37. The van der Waals surface area contributed by atoms with Crippen molar-refractivity contribution in [3.63, 3.8) is 0 Å². The van der Waals surface area contributed by atoms with Crippen LogP contribution in [0.4, 0.5) is 5.69 Å². The van der Waals surface area contributed by atoms with Gasteiger partial charge in [-0.2, -0.15) is 0 Å². The molecular weight excluding hydrogens is 370 g/mol. The molecule has 1 N–H and O–H groups in total. The molecule has 0 unspecified atom stereocenters. The van der Waals surface area contributed by atoms with Gasteiger partial charge in [-0.25, -0.2) is 0 Å². The number of amides is 1. The molecule has 0 spiro atoms. The molecule has 0 heterocycles. The van der Waals surface area contributed by atoms with Gasteiger partial charge in [0.25, 0.3) is 5.91 Å². The van der Waals surface area contributed by atoms with Gasteiger partial charge in [0.05, 0.1) is 33.0 Å². The van der Waals surface area contributed by atoms with Crippen LogP contribution in [0.25, 0.3) is 0 Å². The summed E-state index contributed by atoms with van der Waals surface area (Å²) in [5.74, 6) is 1.63. The van der Waals surface area contributed by atoms with Crippen molar-refractivity contribution in [1.82, 2.24) is 0 Å². The number of hydrogen-bond acceptors (Lipinski definition) is 5. The first-order valence-electron chi connectivity index (χ1n) is 8.49. The first-order chi connectivity index (χ1) is 12.9. The Morgan fingerprint density at radius 2 is 1.63 bits per heavy atom. The normalized spacial score (nSPS) is 10.3. The van der Waals surface area contributed by atoms with Gasteiger partial charge in [0.1, 0.15) is 0 Å². The van der Waals surface area contributed by atoms with E-state index in [-0.39, 0.29) is 5.91 Å². The third kappa shape index (κ3) is 4.77. The number of methoxy groups -OCH3 is 3. The maximum absolute atomic E-state index is 12.7. The molecule has 0 saturated heterocycles. The van der Waals surface area contributed by atoms with Crippen molar-refractivity contribution < 1.29 is 23.7 Å². The molecule has 0 aliphatic heterocycles.